The molecule has 4 aliphatic heterocycles. The number of piperazine rings is 1. The van der Waals surface area contributed by atoms with Gasteiger partial charge in [-0.3, -0.25) is 38.5 Å². The van der Waals surface area contributed by atoms with Crippen LogP contribution in [0.5, 0.6) is 11.5 Å². The summed E-state index contributed by atoms with van der Waals surface area (Å²) >= 11 is 0. The van der Waals surface area contributed by atoms with Crippen molar-refractivity contribution in [2.24, 2.45) is 17.4 Å². The number of rotatable bonds is 15. The number of fused-ring (bicyclic) bond motifs is 2. The van der Waals surface area contributed by atoms with Crippen molar-refractivity contribution < 1.29 is 74.0 Å². The number of aliphatic hydroxyl groups is 6. The average molecular weight is 1350 g/mol. The van der Waals surface area contributed by atoms with Gasteiger partial charge in [0.15, 0.2) is 11.5 Å². The first-order valence-corrected chi connectivity index (χ1v) is 29.9. The van der Waals surface area contributed by atoms with E-state index in [2.05, 4.69) is 48.5 Å². The van der Waals surface area contributed by atoms with Crippen LogP contribution in [0.1, 0.15) is 81.1 Å². The van der Waals surface area contributed by atoms with Crippen LogP contribution in [-0.2, 0) is 35.2 Å². The molecule has 502 valence electrons. The van der Waals surface area contributed by atoms with Crippen molar-refractivity contribution in [2.45, 2.75) is 151 Å². The number of ether oxygens (including phenoxy) is 1. The molecule has 3 aromatic carbocycles. The van der Waals surface area contributed by atoms with Gasteiger partial charge < -0.3 is 93.2 Å². The minimum absolute atomic E-state index is 0. The molecule has 8 rings (SSSR count). The summed E-state index contributed by atoms with van der Waals surface area (Å²) in [6.45, 7) is 5.08. The number of hydrogen-bond donors (Lipinski definition) is 14. The Kier molecular flexibility index (Phi) is 30.0. The van der Waals surface area contributed by atoms with E-state index >= 15 is 0 Å². The van der Waals surface area contributed by atoms with Crippen LogP contribution < -0.4 is 47.7 Å². The van der Waals surface area contributed by atoms with Crippen molar-refractivity contribution >= 4 is 96.7 Å². The molecule has 1 saturated carbocycles. The van der Waals surface area contributed by atoms with Gasteiger partial charge >= 0.3 is 0 Å². The zero-order chi connectivity index (χ0) is 61.9. The maximum absolute atomic E-state index is 14.7. The van der Waals surface area contributed by atoms with Gasteiger partial charge in [0.25, 0.3) is 5.91 Å². The second kappa shape index (κ2) is 35.3. The molecular weight excluding hydrogens is 1260 g/mol. The predicted octanol–water partition coefficient (Wildman–Crippen LogP) is -1.16. The maximum atomic E-state index is 14.7. The van der Waals surface area contributed by atoms with Crippen molar-refractivity contribution in [3.63, 3.8) is 0 Å². The summed E-state index contributed by atoms with van der Waals surface area (Å²) in [5, 5.41) is 91.3. The lowest BCUT2D eigenvalue weighted by Gasteiger charge is -2.41. The summed E-state index contributed by atoms with van der Waals surface area (Å²) in [6, 6.07) is 8.60. The summed E-state index contributed by atoms with van der Waals surface area (Å²) in [5.41, 5.74) is 14.6. The summed E-state index contributed by atoms with van der Waals surface area (Å²) in [6.07, 6.45) is -5.24. The first-order valence-electron chi connectivity index (χ1n) is 29.9. The molecule has 30 heteroatoms. The number of phenols is 1. The van der Waals surface area contributed by atoms with Gasteiger partial charge in [0.1, 0.15) is 42.9 Å². The third kappa shape index (κ3) is 18.9. The SMILES string of the molecule is C[C@@H](O)[C@@H]1NC(=O)[C@@H](NC(=O)c2ccc(-c3ccc(N4CCN(C5CCCCC5)CC4)cc3)cc2)C[C@@H](O)CNC(=O)[C@@H]2[C@@H](O)[C@@H](C)CN2C(=O)[C@H]([C@H](O)CCN)NC(=O)[C@H]([C@H](O)Cc2ccc(O)c(OCCN)c2)NC(=O)[C@@H]2C[C@@H](O)CN2C1=O.Cl.Cl.Cl.Cl. The zero-order valence-corrected chi connectivity index (χ0v) is 53.6. The van der Waals surface area contributed by atoms with Gasteiger partial charge in [0, 0.05) is 94.8 Å². The monoisotopic (exact) mass is 1340 g/mol. The number of amides is 7. The van der Waals surface area contributed by atoms with E-state index < -0.39 is 152 Å². The molecule has 13 atom stereocenters. The van der Waals surface area contributed by atoms with E-state index in [-0.39, 0.29) is 105 Å². The number of aromatic hydroxyl groups is 1. The van der Waals surface area contributed by atoms with E-state index in [1.807, 2.05) is 12.1 Å². The average Bonchev–Trinajstić information content (AvgIpc) is 1.65. The van der Waals surface area contributed by atoms with Gasteiger partial charge in [-0.05, 0) is 85.8 Å². The van der Waals surface area contributed by atoms with Gasteiger partial charge in [-0.1, -0.05) is 56.5 Å². The van der Waals surface area contributed by atoms with E-state index in [9.17, 15) is 69.3 Å². The molecule has 3 aromatic rings. The van der Waals surface area contributed by atoms with E-state index in [1.165, 1.54) is 57.2 Å². The van der Waals surface area contributed by atoms with Crippen LogP contribution in [0.15, 0.2) is 66.7 Å². The number of β-amino-alcohol motifs (C(OH)–C–C–N with tert-alkyl or cyclic N) is 1. The number of benzene rings is 3. The molecule has 1 aliphatic carbocycles. The quantitative estimate of drug-likeness (QED) is 0.0853. The Hall–Kier alpha value is -5.85. The molecule has 16 N–H and O–H groups in total. The Labute approximate surface area is 548 Å². The molecule has 5 fully saturated rings. The van der Waals surface area contributed by atoms with Crippen LogP contribution in [0.2, 0.25) is 0 Å². The molecule has 5 aliphatic rings. The number of anilines is 1. The van der Waals surface area contributed by atoms with Crippen molar-refractivity contribution in [3.8, 4) is 22.6 Å². The third-order valence-corrected chi connectivity index (χ3v) is 17.2. The molecule has 0 unspecified atom stereocenters. The van der Waals surface area contributed by atoms with Crippen LogP contribution in [0.4, 0.5) is 5.69 Å². The minimum atomic E-state index is -2.03. The minimum Gasteiger partial charge on any atom is -0.504 e. The molecular formula is C60H89Cl4N11O15. The molecule has 0 radical (unpaired) electrons. The van der Waals surface area contributed by atoms with Crippen LogP contribution >= 0.6 is 49.6 Å². The lowest BCUT2D eigenvalue weighted by molar-refractivity contribution is -0.147. The highest BCUT2D eigenvalue weighted by atomic mass is 35.5. The first-order chi connectivity index (χ1) is 41.1. The highest BCUT2D eigenvalue weighted by Crippen LogP contribution is 2.31. The Morgan fingerprint density at radius 2 is 1.30 bits per heavy atom. The second-order valence-corrected chi connectivity index (χ2v) is 23.5. The number of nitrogens with two attached hydrogens (primary N) is 2. The second-order valence-electron chi connectivity index (χ2n) is 23.5. The van der Waals surface area contributed by atoms with Crippen molar-refractivity contribution in [1.29, 1.82) is 0 Å². The summed E-state index contributed by atoms with van der Waals surface area (Å²) in [5.74, 6) is -8.47. The lowest BCUT2D eigenvalue weighted by atomic mass is 9.94. The Morgan fingerprint density at radius 1 is 0.689 bits per heavy atom. The van der Waals surface area contributed by atoms with Crippen LogP contribution in [0.3, 0.4) is 0 Å². The normalized spacial score (nSPS) is 27.0. The summed E-state index contributed by atoms with van der Waals surface area (Å²) < 4.78 is 5.52. The number of hydrogen-bond acceptors (Lipinski definition) is 19. The molecule has 4 heterocycles. The molecule has 0 aromatic heterocycles. The molecule has 90 heavy (non-hydrogen) atoms. The zero-order valence-electron chi connectivity index (χ0n) is 50.3. The third-order valence-electron chi connectivity index (χ3n) is 17.2. The number of carbonyl (C=O) groups is 7. The van der Waals surface area contributed by atoms with Crippen molar-refractivity contribution in [1.82, 2.24) is 41.3 Å². The number of nitrogens with one attached hydrogen (secondary N) is 5. The highest BCUT2D eigenvalue weighted by molar-refractivity contribution is 6.00. The fraction of sp³-hybridized carbons (Fsp3) is 0.583. The predicted molar refractivity (Wildman–Crippen MR) is 343 cm³/mol. The largest absolute Gasteiger partial charge is 0.504 e. The van der Waals surface area contributed by atoms with Crippen molar-refractivity contribution in [2.75, 3.05) is 70.4 Å². The Balaban J connectivity index is 0.00000432. The fourth-order valence-corrected chi connectivity index (χ4v) is 12.3. The lowest BCUT2D eigenvalue weighted by Crippen LogP contribution is -2.64. The van der Waals surface area contributed by atoms with E-state index in [1.54, 1.807) is 31.2 Å². The topological polar surface area (TPSA) is 395 Å². The summed E-state index contributed by atoms with van der Waals surface area (Å²) in [7, 11) is 0. The standard InChI is InChI=1S/C60H85N11O15.4ClH/c1-33-31-71-52(53(33)78)58(83)63-30-41(73)28-43(64-54(79)38-11-9-36(10-12-38)37-13-15-40(16-14-37)69-23-21-68(22-24-69)39-6-4-3-5-7-39)55(80)65-49(34(2)72)59(84)70-32-42(74)29-44(70)56(81)66-50(57(82)67-51(60(71)85)46(76)18-19-61)47(77)26-35-8-17-45(75)48(27-35)86-25-20-62;;;;/h8-17,27,33-34,39,41-44,46-47,49-53,72-78H,3-7,18-26,28-32,61-62H2,1-2H3,(H,63,83)(H,64,79)(H,65,80)(H,66,81)(H,67,82);4*1H/t33-,34+,41+,42+,43-,44-,46+,47+,49-,50-,51-,52-,53-;;;;/m0..../s1. The number of aliphatic hydroxyl groups excluding tert-OH is 6. The van der Waals surface area contributed by atoms with Gasteiger partial charge in [0.2, 0.25) is 35.4 Å². The van der Waals surface area contributed by atoms with E-state index in [0.717, 1.165) is 52.8 Å². The van der Waals surface area contributed by atoms with Gasteiger partial charge in [0.05, 0.1) is 36.6 Å². The Morgan fingerprint density at radius 3 is 1.92 bits per heavy atom. The smallest absolute Gasteiger partial charge is 0.251 e. The molecule has 7 amide bonds. The van der Waals surface area contributed by atoms with Gasteiger partial charge in [-0.2, -0.15) is 0 Å². The van der Waals surface area contributed by atoms with Gasteiger partial charge in [-0.25, -0.2) is 0 Å². The summed E-state index contributed by atoms with van der Waals surface area (Å²) in [4.78, 5) is 108. The van der Waals surface area contributed by atoms with Crippen LogP contribution in [0, 0.1) is 5.92 Å². The number of carbonyl (C=O) groups excluding carboxylic acids is 7. The van der Waals surface area contributed by atoms with Crippen molar-refractivity contribution in [3.05, 3.63) is 77.9 Å². The number of nitrogens with zero attached hydrogens (tertiary/aromatic N) is 4. The van der Waals surface area contributed by atoms with E-state index in [0.29, 0.717) is 6.04 Å². The van der Waals surface area contributed by atoms with E-state index in [4.69, 9.17) is 16.2 Å². The fourth-order valence-electron chi connectivity index (χ4n) is 12.3. The molecule has 26 nitrogen and oxygen atoms in total. The molecule has 0 spiro atoms. The first kappa shape index (κ1) is 76.6. The van der Waals surface area contributed by atoms with Crippen LogP contribution in [-0.4, -0.2) is 236 Å². The van der Waals surface area contributed by atoms with Gasteiger partial charge in [-0.15, -0.1) is 49.6 Å². The molecule has 4 saturated heterocycles. The Bertz CT molecular complexity index is 2860. The number of phenolic OH excluding ortho intramolecular Hbond substituents is 1. The maximum Gasteiger partial charge on any atom is 0.251 e. The highest BCUT2D eigenvalue weighted by Gasteiger charge is 2.50. The molecule has 0 bridgehead atoms. The van der Waals surface area contributed by atoms with Crippen LogP contribution in [0.25, 0.3) is 11.1 Å². The number of halogens is 4.